The normalized spacial score (nSPS) is 10.2. The third kappa shape index (κ3) is 5.80. The minimum Gasteiger partial charge on any atom is -0.466 e. The van der Waals surface area contributed by atoms with Gasteiger partial charge in [0.1, 0.15) is 0 Å². The van der Waals surface area contributed by atoms with E-state index in [4.69, 9.17) is 27.9 Å². The second kappa shape index (κ2) is 8.12. The van der Waals surface area contributed by atoms with E-state index in [1.54, 1.807) is 32.2 Å². The average Bonchev–Trinajstić information content (AvgIpc) is 2.34. The van der Waals surface area contributed by atoms with Crippen LogP contribution in [-0.2, 0) is 20.9 Å². The van der Waals surface area contributed by atoms with Gasteiger partial charge in [-0.3, -0.25) is 9.59 Å². The van der Waals surface area contributed by atoms with E-state index in [1.807, 2.05) is 0 Å². The van der Waals surface area contributed by atoms with Crippen molar-refractivity contribution in [2.75, 3.05) is 13.7 Å². The molecule has 0 N–H and O–H groups in total. The fourth-order valence-electron chi connectivity index (χ4n) is 1.70. The molecular weight excluding hydrogens is 301 g/mol. The number of halogens is 2. The van der Waals surface area contributed by atoms with E-state index in [-0.39, 0.29) is 24.7 Å². The largest absolute Gasteiger partial charge is 0.466 e. The third-order valence-electron chi connectivity index (χ3n) is 2.62. The summed E-state index contributed by atoms with van der Waals surface area (Å²) in [6.07, 6.45) is 0.219. The molecule has 0 saturated heterocycles. The van der Waals surface area contributed by atoms with Crippen LogP contribution < -0.4 is 0 Å². The number of rotatable bonds is 6. The first-order valence-electron chi connectivity index (χ1n) is 6.27. The van der Waals surface area contributed by atoms with E-state index < -0.39 is 0 Å². The van der Waals surface area contributed by atoms with Crippen LogP contribution in [0.15, 0.2) is 18.2 Å². The van der Waals surface area contributed by atoms with Gasteiger partial charge in [-0.05, 0) is 30.7 Å². The van der Waals surface area contributed by atoms with Crippen molar-refractivity contribution >= 4 is 35.1 Å². The second-order valence-corrected chi connectivity index (χ2v) is 5.21. The van der Waals surface area contributed by atoms with Gasteiger partial charge >= 0.3 is 5.97 Å². The zero-order chi connectivity index (χ0) is 15.1. The minimum atomic E-state index is -0.361. The van der Waals surface area contributed by atoms with Gasteiger partial charge in [-0.15, -0.1) is 0 Å². The molecule has 4 nitrogen and oxygen atoms in total. The van der Waals surface area contributed by atoms with Crippen molar-refractivity contribution < 1.29 is 14.3 Å². The molecule has 6 heteroatoms. The van der Waals surface area contributed by atoms with Crippen LogP contribution in [0.1, 0.15) is 25.3 Å². The Morgan fingerprint density at radius 3 is 2.30 bits per heavy atom. The van der Waals surface area contributed by atoms with Gasteiger partial charge < -0.3 is 9.64 Å². The summed E-state index contributed by atoms with van der Waals surface area (Å²) < 4.78 is 4.78. The van der Waals surface area contributed by atoms with Gasteiger partial charge in [-0.1, -0.05) is 23.2 Å². The topological polar surface area (TPSA) is 46.6 Å². The van der Waals surface area contributed by atoms with Crippen LogP contribution in [0.5, 0.6) is 0 Å². The Hall–Kier alpha value is -1.26. The first-order chi connectivity index (χ1) is 9.42. The summed E-state index contributed by atoms with van der Waals surface area (Å²) in [5, 5.41) is 1.06. The lowest BCUT2D eigenvalue weighted by molar-refractivity contribution is -0.145. The van der Waals surface area contributed by atoms with Crippen LogP contribution in [0.3, 0.4) is 0 Å². The smallest absolute Gasteiger partial charge is 0.306 e. The van der Waals surface area contributed by atoms with E-state index >= 15 is 0 Å². The van der Waals surface area contributed by atoms with Gasteiger partial charge in [-0.25, -0.2) is 0 Å². The molecule has 1 aromatic rings. The summed E-state index contributed by atoms with van der Waals surface area (Å²) >= 11 is 11.8. The van der Waals surface area contributed by atoms with Gasteiger partial charge in [0.2, 0.25) is 5.91 Å². The summed E-state index contributed by atoms with van der Waals surface area (Å²) in [5.41, 5.74) is 0.842. The van der Waals surface area contributed by atoms with E-state index in [2.05, 4.69) is 0 Å². The van der Waals surface area contributed by atoms with Gasteiger partial charge in [-0.2, -0.15) is 0 Å². The van der Waals surface area contributed by atoms with Crippen LogP contribution in [0.2, 0.25) is 10.0 Å². The van der Waals surface area contributed by atoms with Crippen LogP contribution in [-0.4, -0.2) is 30.4 Å². The highest BCUT2D eigenvalue weighted by Gasteiger charge is 2.12. The number of ether oxygens (including phenoxy) is 1. The number of hydrogen-bond acceptors (Lipinski definition) is 3. The van der Waals surface area contributed by atoms with Crippen molar-refractivity contribution in [2.24, 2.45) is 0 Å². The molecule has 0 radical (unpaired) electrons. The van der Waals surface area contributed by atoms with Gasteiger partial charge in [0.25, 0.3) is 0 Å². The van der Waals surface area contributed by atoms with Gasteiger partial charge in [0, 0.05) is 30.1 Å². The van der Waals surface area contributed by atoms with Crippen molar-refractivity contribution in [3.8, 4) is 0 Å². The van der Waals surface area contributed by atoms with Crippen LogP contribution in [0.4, 0.5) is 0 Å². The van der Waals surface area contributed by atoms with E-state index in [1.165, 1.54) is 4.90 Å². The minimum absolute atomic E-state index is 0.0906. The maximum atomic E-state index is 11.9. The molecule has 0 aliphatic rings. The Balaban J connectivity index is 2.51. The highest BCUT2D eigenvalue weighted by Crippen LogP contribution is 2.20. The lowest BCUT2D eigenvalue weighted by atomic mass is 10.2. The quantitative estimate of drug-likeness (QED) is 0.756. The second-order valence-electron chi connectivity index (χ2n) is 4.33. The standard InChI is InChI=1S/C14H17Cl2NO3/c1-3-20-14(19)5-4-13(18)17(2)9-10-6-11(15)8-12(16)7-10/h6-8H,3-5,9H2,1-2H3. The Morgan fingerprint density at radius 1 is 1.15 bits per heavy atom. The van der Waals surface area contributed by atoms with Crippen LogP contribution >= 0.6 is 23.2 Å². The summed E-state index contributed by atoms with van der Waals surface area (Å²) in [5.74, 6) is -0.491. The molecule has 1 aromatic carbocycles. The molecule has 0 unspecified atom stereocenters. The zero-order valence-electron chi connectivity index (χ0n) is 11.5. The number of hydrogen-bond donors (Lipinski definition) is 0. The molecule has 0 spiro atoms. The first kappa shape index (κ1) is 16.8. The summed E-state index contributed by atoms with van der Waals surface area (Å²) in [7, 11) is 1.67. The Labute approximate surface area is 128 Å². The van der Waals surface area contributed by atoms with E-state index in [0.29, 0.717) is 23.2 Å². The monoisotopic (exact) mass is 317 g/mol. The highest BCUT2D eigenvalue weighted by atomic mass is 35.5. The van der Waals surface area contributed by atoms with E-state index in [0.717, 1.165) is 5.56 Å². The molecule has 1 rings (SSSR count). The summed E-state index contributed by atoms with van der Waals surface area (Å²) in [4.78, 5) is 24.6. The van der Waals surface area contributed by atoms with Crippen molar-refractivity contribution in [1.82, 2.24) is 4.90 Å². The molecular formula is C14H17Cl2NO3. The fraction of sp³-hybridized carbons (Fsp3) is 0.429. The molecule has 0 bridgehead atoms. The molecule has 0 aliphatic heterocycles. The molecule has 0 aromatic heterocycles. The predicted octanol–water partition coefficient (Wildman–Crippen LogP) is 3.30. The molecule has 0 heterocycles. The SMILES string of the molecule is CCOC(=O)CCC(=O)N(C)Cc1cc(Cl)cc(Cl)c1. The number of carbonyl (C=O) groups is 2. The number of carbonyl (C=O) groups excluding carboxylic acids is 2. The third-order valence-corrected chi connectivity index (χ3v) is 3.05. The zero-order valence-corrected chi connectivity index (χ0v) is 13.0. The maximum absolute atomic E-state index is 11.9. The Kier molecular flexibility index (Phi) is 6.82. The van der Waals surface area contributed by atoms with Crippen molar-refractivity contribution in [1.29, 1.82) is 0 Å². The molecule has 0 atom stereocenters. The molecule has 0 aliphatic carbocycles. The number of amides is 1. The number of benzene rings is 1. The maximum Gasteiger partial charge on any atom is 0.306 e. The highest BCUT2D eigenvalue weighted by molar-refractivity contribution is 6.34. The summed E-state index contributed by atoms with van der Waals surface area (Å²) in [6.45, 7) is 2.44. The van der Waals surface area contributed by atoms with Crippen LogP contribution in [0, 0.1) is 0 Å². The average molecular weight is 318 g/mol. The lowest BCUT2D eigenvalue weighted by Crippen LogP contribution is -2.26. The van der Waals surface area contributed by atoms with E-state index in [9.17, 15) is 9.59 Å². The lowest BCUT2D eigenvalue weighted by Gasteiger charge is -2.17. The van der Waals surface area contributed by atoms with Crippen molar-refractivity contribution in [2.45, 2.75) is 26.3 Å². The Morgan fingerprint density at radius 2 is 1.75 bits per heavy atom. The number of nitrogens with zero attached hydrogens (tertiary/aromatic N) is 1. The molecule has 1 amide bonds. The molecule has 110 valence electrons. The molecule has 0 saturated carbocycles. The van der Waals surface area contributed by atoms with Crippen molar-refractivity contribution in [3.05, 3.63) is 33.8 Å². The summed E-state index contributed by atoms with van der Waals surface area (Å²) in [6, 6.07) is 5.14. The number of esters is 1. The predicted molar refractivity (Wildman–Crippen MR) is 78.8 cm³/mol. The molecule has 0 fully saturated rings. The van der Waals surface area contributed by atoms with Gasteiger partial charge in [0.05, 0.1) is 13.0 Å². The van der Waals surface area contributed by atoms with Crippen molar-refractivity contribution in [3.63, 3.8) is 0 Å². The van der Waals surface area contributed by atoms with Gasteiger partial charge in [0.15, 0.2) is 0 Å². The Bertz CT molecular complexity index is 471. The molecule has 20 heavy (non-hydrogen) atoms. The fourth-order valence-corrected chi connectivity index (χ4v) is 2.27. The first-order valence-corrected chi connectivity index (χ1v) is 7.02. The van der Waals surface area contributed by atoms with Crippen LogP contribution in [0.25, 0.3) is 0 Å².